The molecule has 1 saturated heterocycles. The maximum atomic E-state index is 12.0. The minimum absolute atomic E-state index is 0.0677. The lowest BCUT2D eigenvalue weighted by molar-refractivity contribution is 0.0252. The standard InChI is InChI=1S/C13H24N2O3/c1-13(2,3)18-12(16)15-7-10(11(8-15)17-4)14-9-5-6-9/h9-11,14H,5-8H2,1-4H3/t10?,11-/m0/s1. The smallest absolute Gasteiger partial charge is 0.410 e. The first-order chi connectivity index (χ1) is 8.39. The van der Waals surface area contributed by atoms with E-state index in [1.54, 1.807) is 12.0 Å². The van der Waals surface area contributed by atoms with E-state index in [0.29, 0.717) is 19.1 Å². The molecule has 1 unspecified atom stereocenters. The number of nitrogens with one attached hydrogen (secondary N) is 1. The molecule has 5 nitrogen and oxygen atoms in total. The molecule has 1 heterocycles. The molecule has 1 aliphatic carbocycles. The minimum Gasteiger partial charge on any atom is -0.444 e. The molecular weight excluding hydrogens is 232 g/mol. The van der Waals surface area contributed by atoms with Crippen molar-refractivity contribution in [3.63, 3.8) is 0 Å². The van der Waals surface area contributed by atoms with Gasteiger partial charge < -0.3 is 19.7 Å². The summed E-state index contributed by atoms with van der Waals surface area (Å²) in [5.74, 6) is 0. The van der Waals surface area contributed by atoms with Gasteiger partial charge in [0.2, 0.25) is 0 Å². The summed E-state index contributed by atoms with van der Waals surface area (Å²) in [6.07, 6.45) is 2.29. The normalized spacial score (nSPS) is 28.6. The van der Waals surface area contributed by atoms with E-state index in [4.69, 9.17) is 9.47 Å². The number of methoxy groups -OCH3 is 1. The molecule has 104 valence electrons. The van der Waals surface area contributed by atoms with Gasteiger partial charge in [-0.2, -0.15) is 0 Å². The summed E-state index contributed by atoms with van der Waals surface area (Å²) < 4.78 is 10.8. The van der Waals surface area contributed by atoms with Crippen molar-refractivity contribution < 1.29 is 14.3 Å². The molecular formula is C13H24N2O3. The van der Waals surface area contributed by atoms with Gasteiger partial charge >= 0.3 is 6.09 Å². The lowest BCUT2D eigenvalue weighted by Gasteiger charge is -2.24. The Balaban J connectivity index is 1.88. The molecule has 0 aromatic heterocycles. The molecule has 5 heteroatoms. The number of carbonyl (C=O) groups excluding carboxylic acids is 1. The number of ether oxygens (including phenoxy) is 2. The molecule has 1 amide bonds. The predicted molar refractivity (Wildman–Crippen MR) is 68.5 cm³/mol. The Morgan fingerprint density at radius 3 is 2.44 bits per heavy atom. The van der Waals surface area contributed by atoms with Crippen molar-refractivity contribution in [2.45, 2.75) is 57.4 Å². The number of amides is 1. The van der Waals surface area contributed by atoms with Crippen LogP contribution < -0.4 is 5.32 Å². The molecule has 1 N–H and O–H groups in total. The molecule has 2 rings (SSSR count). The van der Waals surface area contributed by atoms with Crippen molar-refractivity contribution in [3.8, 4) is 0 Å². The highest BCUT2D eigenvalue weighted by Gasteiger charge is 2.39. The molecule has 2 atom stereocenters. The van der Waals surface area contributed by atoms with Crippen LogP contribution in [0, 0.1) is 0 Å². The summed E-state index contributed by atoms with van der Waals surface area (Å²) in [6.45, 7) is 6.93. The van der Waals surface area contributed by atoms with E-state index in [0.717, 1.165) is 0 Å². The van der Waals surface area contributed by atoms with Crippen LogP contribution in [0.3, 0.4) is 0 Å². The quantitative estimate of drug-likeness (QED) is 0.828. The van der Waals surface area contributed by atoms with Crippen molar-refractivity contribution in [3.05, 3.63) is 0 Å². The van der Waals surface area contributed by atoms with Crippen molar-refractivity contribution in [2.75, 3.05) is 20.2 Å². The van der Waals surface area contributed by atoms with Crippen LogP contribution in [0.2, 0.25) is 0 Å². The Kier molecular flexibility index (Phi) is 3.82. The summed E-state index contributed by atoms with van der Waals surface area (Å²) in [7, 11) is 1.70. The summed E-state index contributed by atoms with van der Waals surface area (Å²) in [4.78, 5) is 13.7. The Labute approximate surface area is 109 Å². The van der Waals surface area contributed by atoms with Crippen LogP contribution in [0.1, 0.15) is 33.6 Å². The number of nitrogens with zero attached hydrogens (tertiary/aromatic N) is 1. The fourth-order valence-corrected chi connectivity index (χ4v) is 2.20. The van der Waals surface area contributed by atoms with Crippen LogP contribution >= 0.6 is 0 Å². The van der Waals surface area contributed by atoms with Gasteiger partial charge in [-0.05, 0) is 33.6 Å². The van der Waals surface area contributed by atoms with Gasteiger partial charge in [0.1, 0.15) is 5.60 Å². The fraction of sp³-hybridized carbons (Fsp3) is 0.923. The van der Waals surface area contributed by atoms with E-state index in [-0.39, 0.29) is 18.2 Å². The minimum atomic E-state index is -0.443. The zero-order valence-corrected chi connectivity index (χ0v) is 11.7. The first kappa shape index (κ1) is 13.6. The second-order valence-corrected chi connectivity index (χ2v) is 6.21. The van der Waals surface area contributed by atoms with E-state index in [1.807, 2.05) is 20.8 Å². The van der Waals surface area contributed by atoms with Crippen molar-refractivity contribution in [1.29, 1.82) is 0 Å². The molecule has 2 fully saturated rings. The van der Waals surface area contributed by atoms with E-state index in [2.05, 4.69) is 5.32 Å². The third kappa shape index (κ3) is 3.59. The fourth-order valence-electron chi connectivity index (χ4n) is 2.20. The van der Waals surface area contributed by atoms with E-state index >= 15 is 0 Å². The highest BCUT2D eigenvalue weighted by molar-refractivity contribution is 5.68. The van der Waals surface area contributed by atoms with Crippen LogP contribution in [0.15, 0.2) is 0 Å². The Bertz CT molecular complexity index is 310. The van der Waals surface area contributed by atoms with Crippen LogP contribution in [0.25, 0.3) is 0 Å². The van der Waals surface area contributed by atoms with Crippen molar-refractivity contribution >= 4 is 6.09 Å². The molecule has 0 bridgehead atoms. The summed E-state index contributed by atoms with van der Waals surface area (Å²) >= 11 is 0. The van der Waals surface area contributed by atoms with Crippen molar-refractivity contribution in [2.24, 2.45) is 0 Å². The van der Waals surface area contributed by atoms with Gasteiger partial charge in [0.15, 0.2) is 0 Å². The predicted octanol–water partition coefficient (Wildman–Crippen LogP) is 1.37. The average Bonchev–Trinajstić information content (AvgIpc) is 2.94. The molecule has 2 aliphatic rings. The van der Waals surface area contributed by atoms with Crippen molar-refractivity contribution in [1.82, 2.24) is 10.2 Å². The maximum Gasteiger partial charge on any atom is 0.410 e. The Morgan fingerprint density at radius 2 is 1.94 bits per heavy atom. The topological polar surface area (TPSA) is 50.8 Å². The first-order valence-electron chi connectivity index (χ1n) is 6.66. The number of carbonyl (C=O) groups is 1. The zero-order valence-electron chi connectivity index (χ0n) is 11.7. The van der Waals surface area contributed by atoms with Gasteiger partial charge in [0.25, 0.3) is 0 Å². The Hall–Kier alpha value is -0.810. The largest absolute Gasteiger partial charge is 0.444 e. The molecule has 1 saturated carbocycles. The lowest BCUT2D eigenvalue weighted by Crippen LogP contribution is -2.41. The van der Waals surface area contributed by atoms with Crippen LogP contribution in [-0.2, 0) is 9.47 Å². The molecule has 0 spiro atoms. The van der Waals surface area contributed by atoms with Gasteiger partial charge in [0, 0.05) is 19.7 Å². The van der Waals surface area contributed by atoms with E-state index in [1.165, 1.54) is 12.8 Å². The summed E-state index contributed by atoms with van der Waals surface area (Å²) in [5, 5.41) is 3.53. The average molecular weight is 256 g/mol. The lowest BCUT2D eigenvalue weighted by atomic mass is 10.2. The number of hydrogen-bond acceptors (Lipinski definition) is 4. The molecule has 0 radical (unpaired) electrons. The Morgan fingerprint density at radius 1 is 1.28 bits per heavy atom. The van der Waals surface area contributed by atoms with E-state index < -0.39 is 5.60 Å². The summed E-state index contributed by atoms with van der Waals surface area (Å²) in [6, 6.07) is 0.848. The highest BCUT2D eigenvalue weighted by atomic mass is 16.6. The molecule has 18 heavy (non-hydrogen) atoms. The number of hydrogen-bond donors (Lipinski definition) is 1. The molecule has 1 aliphatic heterocycles. The van der Waals surface area contributed by atoms with Crippen LogP contribution in [0.4, 0.5) is 4.79 Å². The van der Waals surface area contributed by atoms with Gasteiger partial charge in [-0.1, -0.05) is 0 Å². The SMILES string of the molecule is CO[C@H]1CN(C(=O)OC(C)(C)C)CC1NC1CC1. The first-order valence-corrected chi connectivity index (χ1v) is 6.66. The van der Waals surface area contributed by atoms with Crippen LogP contribution in [-0.4, -0.2) is 55.0 Å². The van der Waals surface area contributed by atoms with E-state index in [9.17, 15) is 4.79 Å². The number of rotatable bonds is 3. The second-order valence-electron chi connectivity index (χ2n) is 6.21. The van der Waals surface area contributed by atoms with Gasteiger partial charge in [-0.3, -0.25) is 0 Å². The maximum absolute atomic E-state index is 12.0. The van der Waals surface area contributed by atoms with Gasteiger partial charge in [-0.25, -0.2) is 4.79 Å². The van der Waals surface area contributed by atoms with Crippen LogP contribution in [0.5, 0.6) is 0 Å². The second kappa shape index (κ2) is 5.05. The summed E-state index contributed by atoms with van der Waals surface area (Å²) in [5.41, 5.74) is -0.443. The molecule has 0 aromatic carbocycles. The third-order valence-corrected chi connectivity index (χ3v) is 3.25. The highest BCUT2D eigenvalue weighted by Crippen LogP contribution is 2.24. The van der Waals surface area contributed by atoms with Gasteiger partial charge in [0.05, 0.1) is 18.7 Å². The zero-order chi connectivity index (χ0) is 13.3. The van der Waals surface area contributed by atoms with Gasteiger partial charge in [-0.15, -0.1) is 0 Å². The third-order valence-electron chi connectivity index (χ3n) is 3.25. The number of likely N-dealkylation sites (tertiary alicyclic amines) is 1. The molecule has 0 aromatic rings. The monoisotopic (exact) mass is 256 g/mol.